The largest absolute Gasteiger partial charge is 0.295 e. The third-order valence-corrected chi connectivity index (χ3v) is 4.38. The summed E-state index contributed by atoms with van der Waals surface area (Å²) in [5.74, 6) is -4.93. The molecule has 0 fully saturated rings. The van der Waals surface area contributed by atoms with Gasteiger partial charge in [-0.05, 0) is 24.3 Å². The van der Waals surface area contributed by atoms with Crippen LogP contribution in [-0.4, -0.2) is 10.9 Å². The van der Waals surface area contributed by atoms with E-state index in [1.54, 1.807) is 30.3 Å². The summed E-state index contributed by atoms with van der Waals surface area (Å²) in [5, 5.41) is 0.595. The van der Waals surface area contributed by atoms with Crippen LogP contribution in [0, 0.1) is 17.5 Å². The molecule has 1 heterocycles. The van der Waals surface area contributed by atoms with E-state index in [-0.39, 0.29) is 5.69 Å². The fraction of sp³-hybridized carbons (Fsp3) is 0. The number of rotatable bonds is 4. The molecule has 0 aliphatic carbocycles. The van der Waals surface area contributed by atoms with E-state index in [1.165, 1.54) is 0 Å². The van der Waals surface area contributed by atoms with Gasteiger partial charge in [0.05, 0.1) is 22.5 Å². The van der Waals surface area contributed by atoms with Crippen molar-refractivity contribution in [2.45, 2.75) is 0 Å². The summed E-state index contributed by atoms with van der Waals surface area (Å²) in [6.07, 6.45) is 0. The van der Waals surface area contributed by atoms with Gasteiger partial charge in [-0.25, -0.2) is 18.2 Å². The van der Waals surface area contributed by atoms with E-state index < -0.39 is 23.4 Å². The Morgan fingerprint density at radius 3 is 2.34 bits per heavy atom. The number of para-hydroxylation sites is 1. The summed E-state index contributed by atoms with van der Waals surface area (Å²) in [6, 6.07) is 19.8. The van der Waals surface area contributed by atoms with Crippen molar-refractivity contribution < 1.29 is 18.0 Å². The van der Waals surface area contributed by atoms with Gasteiger partial charge in [0.25, 0.3) is 5.91 Å². The van der Waals surface area contributed by atoms with Gasteiger partial charge >= 0.3 is 0 Å². The molecule has 0 saturated carbocycles. The Bertz CT molecular complexity index is 1210. The van der Waals surface area contributed by atoms with Crippen molar-refractivity contribution in [1.29, 1.82) is 0 Å². The number of fused-ring (bicyclic) bond motifs is 1. The topological polar surface area (TPSA) is 54.0 Å². The van der Waals surface area contributed by atoms with E-state index in [2.05, 4.69) is 15.8 Å². The highest BCUT2D eigenvalue weighted by atomic mass is 19.2. The minimum atomic E-state index is -1.62. The van der Waals surface area contributed by atoms with Crippen LogP contribution in [0.5, 0.6) is 0 Å². The van der Waals surface area contributed by atoms with Gasteiger partial charge in [0.15, 0.2) is 17.5 Å². The average Bonchev–Trinajstić information content (AvgIpc) is 2.76. The smallest absolute Gasteiger partial charge is 0.270 e. The van der Waals surface area contributed by atoms with Gasteiger partial charge in [-0.1, -0.05) is 48.5 Å². The Kier molecular flexibility index (Phi) is 4.87. The number of nitrogens with zero attached hydrogens (tertiary/aromatic N) is 1. The highest BCUT2D eigenvalue weighted by Gasteiger charge is 2.16. The second-order valence-corrected chi connectivity index (χ2v) is 6.24. The van der Waals surface area contributed by atoms with Gasteiger partial charge in [-0.3, -0.25) is 15.6 Å². The number of benzene rings is 3. The lowest BCUT2D eigenvalue weighted by atomic mass is 10.0. The molecule has 1 amide bonds. The van der Waals surface area contributed by atoms with Gasteiger partial charge in [-0.15, -0.1) is 0 Å². The second kappa shape index (κ2) is 7.63. The van der Waals surface area contributed by atoms with Gasteiger partial charge in [0.1, 0.15) is 0 Å². The summed E-state index contributed by atoms with van der Waals surface area (Å²) < 4.78 is 40.3. The number of hydrogen-bond donors (Lipinski definition) is 2. The minimum Gasteiger partial charge on any atom is -0.295 e. The average molecular weight is 393 g/mol. The minimum absolute atomic E-state index is 0.296. The van der Waals surface area contributed by atoms with Crippen molar-refractivity contribution in [2.24, 2.45) is 0 Å². The fourth-order valence-corrected chi connectivity index (χ4v) is 2.93. The van der Waals surface area contributed by atoms with Crippen molar-refractivity contribution in [3.05, 3.63) is 95.8 Å². The zero-order chi connectivity index (χ0) is 20.4. The number of aromatic nitrogens is 1. The summed E-state index contributed by atoms with van der Waals surface area (Å²) in [4.78, 5) is 17.4. The van der Waals surface area contributed by atoms with E-state index in [1.807, 2.05) is 30.3 Å². The molecule has 4 rings (SSSR count). The molecule has 29 heavy (non-hydrogen) atoms. The Balaban J connectivity index is 1.69. The molecule has 4 aromatic rings. The quantitative estimate of drug-likeness (QED) is 0.376. The van der Waals surface area contributed by atoms with Gasteiger partial charge in [-0.2, -0.15) is 0 Å². The first-order valence-electron chi connectivity index (χ1n) is 8.69. The molecule has 0 bridgehead atoms. The number of halogens is 3. The van der Waals surface area contributed by atoms with Gasteiger partial charge in [0.2, 0.25) is 0 Å². The molecule has 0 unspecified atom stereocenters. The van der Waals surface area contributed by atoms with Crippen molar-refractivity contribution in [3.8, 4) is 11.3 Å². The van der Waals surface area contributed by atoms with Crippen molar-refractivity contribution >= 4 is 22.5 Å². The number of anilines is 1. The van der Waals surface area contributed by atoms with Crippen LogP contribution in [0.25, 0.3) is 22.2 Å². The van der Waals surface area contributed by atoms with Crippen molar-refractivity contribution in [1.82, 2.24) is 10.4 Å². The molecule has 0 aliphatic heterocycles. The molecule has 0 saturated heterocycles. The molecule has 144 valence electrons. The first-order valence-corrected chi connectivity index (χ1v) is 8.69. The third-order valence-electron chi connectivity index (χ3n) is 4.38. The normalized spacial score (nSPS) is 10.7. The Labute approximate surface area is 164 Å². The Hall–Kier alpha value is -3.87. The summed E-state index contributed by atoms with van der Waals surface area (Å²) in [5.41, 5.74) is 6.56. The summed E-state index contributed by atoms with van der Waals surface area (Å²) in [6.45, 7) is 0. The molecule has 0 spiro atoms. The van der Waals surface area contributed by atoms with E-state index in [0.29, 0.717) is 22.2 Å². The third kappa shape index (κ3) is 3.62. The number of nitrogens with one attached hydrogen (secondary N) is 2. The van der Waals surface area contributed by atoms with Crippen LogP contribution in [-0.2, 0) is 0 Å². The number of carbonyl (C=O) groups excluding carboxylic acids is 1. The number of carbonyl (C=O) groups is 1. The van der Waals surface area contributed by atoms with E-state index in [0.717, 1.165) is 17.7 Å². The first kappa shape index (κ1) is 18.5. The number of amides is 1. The molecule has 2 N–H and O–H groups in total. The van der Waals surface area contributed by atoms with Crippen molar-refractivity contribution in [2.75, 3.05) is 5.43 Å². The van der Waals surface area contributed by atoms with Crippen LogP contribution in [0.2, 0.25) is 0 Å². The van der Waals surface area contributed by atoms with Crippen LogP contribution >= 0.6 is 0 Å². The maximum atomic E-state index is 13.8. The van der Waals surface area contributed by atoms with Crippen LogP contribution in [0.15, 0.2) is 72.8 Å². The standard InChI is InChI=1S/C22H14F3N3O/c23-16-10-11-18(21(25)20(16)24)27-28-22(29)15-12-19(13-6-2-1-3-7-13)26-17-9-5-4-8-14(15)17/h1-12,27H,(H,28,29). The van der Waals surface area contributed by atoms with Crippen LogP contribution < -0.4 is 10.9 Å². The predicted molar refractivity (Wildman–Crippen MR) is 105 cm³/mol. The van der Waals surface area contributed by atoms with Gasteiger partial charge < -0.3 is 0 Å². The molecular weight excluding hydrogens is 379 g/mol. The monoisotopic (exact) mass is 393 g/mol. The van der Waals surface area contributed by atoms with Gasteiger partial charge in [0, 0.05) is 10.9 Å². The fourth-order valence-electron chi connectivity index (χ4n) is 2.93. The van der Waals surface area contributed by atoms with E-state index in [4.69, 9.17) is 0 Å². The molecular formula is C22H14F3N3O. The summed E-state index contributed by atoms with van der Waals surface area (Å²) >= 11 is 0. The highest BCUT2D eigenvalue weighted by molar-refractivity contribution is 6.07. The van der Waals surface area contributed by atoms with Crippen molar-refractivity contribution in [3.63, 3.8) is 0 Å². The lowest BCUT2D eigenvalue weighted by Crippen LogP contribution is -2.30. The Morgan fingerprint density at radius 1 is 0.828 bits per heavy atom. The highest BCUT2D eigenvalue weighted by Crippen LogP contribution is 2.25. The molecule has 4 nitrogen and oxygen atoms in total. The molecule has 0 aliphatic rings. The molecule has 7 heteroatoms. The molecule has 1 aromatic heterocycles. The maximum absolute atomic E-state index is 13.8. The zero-order valence-corrected chi connectivity index (χ0v) is 14.9. The lowest BCUT2D eigenvalue weighted by molar-refractivity contribution is 0.0964. The van der Waals surface area contributed by atoms with Crippen LogP contribution in [0.1, 0.15) is 10.4 Å². The van der Waals surface area contributed by atoms with Crippen LogP contribution in [0.3, 0.4) is 0 Å². The number of hydrogen-bond acceptors (Lipinski definition) is 3. The Morgan fingerprint density at radius 2 is 1.55 bits per heavy atom. The summed E-state index contributed by atoms with van der Waals surface area (Å²) in [7, 11) is 0. The first-order chi connectivity index (χ1) is 14.0. The lowest BCUT2D eigenvalue weighted by Gasteiger charge is -2.13. The maximum Gasteiger partial charge on any atom is 0.270 e. The predicted octanol–water partition coefficient (Wildman–Crippen LogP) is 5.08. The van der Waals surface area contributed by atoms with E-state index >= 15 is 0 Å². The zero-order valence-electron chi connectivity index (χ0n) is 14.9. The second-order valence-electron chi connectivity index (χ2n) is 6.24. The van der Waals surface area contributed by atoms with E-state index in [9.17, 15) is 18.0 Å². The molecule has 0 radical (unpaired) electrons. The van der Waals surface area contributed by atoms with Crippen LogP contribution in [0.4, 0.5) is 18.9 Å². The molecule has 0 atom stereocenters. The number of pyridine rings is 1. The number of hydrazine groups is 1. The SMILES string of the molecule is O=C(NNc1ccc(F)c(F)c1F)c1cc(-c2ccccc2)nc2ccccc12. The molecule has 3 aromatic carbocycles.